The second-order valence-electron chi connectivity index (χ2n) is 7.31. The van der Waals surface area contributed by atoms with Crippen LogP contribution in [0.5, 0.6) is 11.5 Å². The predicted molar refractivity (Wildman–Crippen MR) is 93.3 cm³/mol. The summed E-state index contributed by atoms with van der Waals surface area (Å²) in [5.41, 5.74) is 0.657. The van der Waals surface area contributed by atoms with E-state index in [0.717, 1.165) is 25.0 Å². The summed E-state index contributed by atoms with van der Waals surface area (Å²) < 4.78 is 5.78. The Bertz CT molecular complexity index is 802. The molecular weight excluding hydrogens is 314 g/mol. The van der Waals surface area contributed by atoms with Crippen molar-refractivity contribution in [3.63, 3.8) is 0 Å². The molecule has 4 heteroatoms. The number of carbonyl (C=O) groups excluding carboxylic acids is 2. The van der Waals surface area contributed by atoms with Crippen LogP contribution in [-0.4, -0.2) is 11.8 Å². The summed E-state index contributed by atoms with van der Waals surface area (Å²) in [6, 6.07) is 16.8. The van der Waals surface area contributed by atoms with Crippen molar-refractivity contribution < 1.29 is 14.3 Å². The second kappa shape index (κ2) is 5.45. The molecule has 2 aromatic rings. The highest BCUT2D eigenvalue weighted by atomic mass is 16.5. The lowest BCUT2D eigenvalue weighted by molar-refractivity contribution is -0.123. The maximum Gasteiger partial charge on any atom is 0.237 e. The van der Waals surface area contributed by atoms with Gasteiger partial charge in [-0.1, -0.05) is 18.2 Å². The molecule has 2 aliphatic carbocycles. The van der Waals surface area contributed by atoms with Crippen LogP contribution in [0.1, 0.15) is 19.3 Å². The summed E-state index contributed by atoms with van der Waals surface area (Å²) in [5, 5.41) is 0. The number of hydrogen-bond donors (Lipinski definition) is 0. The van der Waals surface area contributed by atoms with Gasteiger partial charge in [-0.25, -0.2) is 0 Å². The molecule has 3 aliphatic rings. The smallest absolute Gasteiger partial charge is 0.237 e. The summed E-state index contributed by atoms with van der Waals surface area (Å²) in [7, 11) is 0. The van der Waals surface area contributed by atoms with Crippen molar-refractivity contribution in [3.8, 4) is 11.5 Å². The molecule has 2 saturated carbocycles. The molecule has 126 valence electrons. The highest BCUT2D eigenvalue weighted by molar-refractivity contribution is 6.22. The number of anilines is 1. The maximum atomic E-state index is 12.8. The third-order valence-electron chi connectivity index (χ3n) is 6.00. The Morgan fingerprint density at radius 3 is 1.92 bits per heavy atom. The topological polar surface area (TPSA) is 46.6 Å². The molecule has 4 nitrogen and oxygen atoms in total. The Morgan fingerprint density at radius 1 is 0.760 bits per heavy atom. The number of fused-ring (bicyclic) bond motifs is 5. The van der Waals surface area contributed by atoms with Crippen LogP contribution in [0.25, 0.3) is 0 Å². The van der Waals surface area contributed by atoms with Crippen LogP contribution in [-0.2, 0) is 9.59 Å². The fourth-order valence-electron chi connectivity index (χ4n) is 4.95. The summed E-state index contributed by atoms with van der Waals surface area (Å²) >= 11 is 0. The molecule has 4 atom stereocenters. The lowest BCUT2D eigenvalue weighted by Crippen LogP contribution is -2.32. The van der Waals surface area contributed by atoms with Crippen molar-refractivity contribution in [3.05, 3.63) is 54.6 Å². The van der Waals surface area contributed by atoms with Gasteiger partial charge < -0.3 is 4.74 Å². The Labute approximate surface area is 146 Å². The Morgan fingerprint density at radius 2 is 1.32 bits per heavy atom. The molecule has 2 bridgehead atoms. The second-order valence-corrected chi connectivity index (χ2v) is 7.31. The van der Waals surface area contributed by atoms with E-state index in [1.807, 2.05) is 42.5 Å². The summed E-state index contributed by atoms with van der Waals surface area (Å²) in [4.78, 5) is 27.1. The first-order valence-electron chi connectivity index (χ1n) is 8.93. The van der Waals surface area contributed by atoms with Gasteiger partial charge in [-0.2, -0.15) is 0 Å². The molecule has 1 heterocycles. The zero-order chi connectivity index (χ0) is 17.0. The van der Waals surface area contributed by atoms with E-state index in [4.69, 9.17) is 4.74 Å². The van der Waals surface area contributed by atoms with Crippen LogP contribution >= 0.6 is 0 Å². The van der Waals surface area contributed by atoms with Gasteiger partial charge in [0.2, 0.25) is 11.8 Å². The predicted octanol–water partition coefficient (Wildman–Crippen LogP) is 4.01. The quantitative estimate of drug-likeness (QED) is 0.797. The van der Waals surface area contributed by atoms with Crippen LogP contribution in [0, 0.1) is 23.7 Å². The first-order valence-corrected chi connectivity index (χ1v) is 8.93. The lowest BCUT2D eigenvalue weighted by Gasteiger charge is -2.19. The van der Waals surface area contributed by atoms with E-state index < -0.39 is 0 Å². The van der Waals surface area contributed by atoms with Crippen molar-refractivity contribution in [2.24, 2.45) is 23.7 Å². The Balaban J connectivity index is 1.39. The van der Waals surface area contributed by atoms with Gasteiger partial charge in [-0.15, -0.1) is 0 Å². The van der Waals surface area contributed by atoms with Crippen molar-refractivity contribution in [2.75, 3.05) is 4.90 Å². The first kappa shape index (κ1) is 14.7. The first-order chi connectivity index (χ1) is 12.2. The Kier molecular flexibility index (Phi) is 3.20. The molecule has 2 amide bonds. The number of benzene rings is 2. The number of nitrogens with zero attached hydrogens (tertiary/aromatic N) is 1. The van der Waals surface area contributed by atoms with Gasteiger partial charge in [-0.3, -0.25) is 14.5 Å². The molecule has 5 rings (SSSR count). The highest BCUT2D eigenvalue weighted by Crippen LogP contribution is 2.56. The number of amides is 2. The van der Waals surface area contributed by atoms with E-state index in [1.54, 1.807) is 12.1 Å². The van der Waals surface area contributed by atoms with Crippen molar-refractivity contribution in [2.45, 2.75) is 19.3 Å². The average Bonchev–Trinajstić information content (AvgIpc) is 3.31. The minimum absolute atomic E-state index is 0.000993. The number of imide groups is 1. The molecule has 2 aromatic carbocycles. The molecule has 0 N–H and O–H groups in total. The van der Waals surface area contributed by atoms with Crippen molar-refractivity contribution >= 4 is 17.5 Å². The molecule has 0 spiro atoms. The van der Waals surface area contributed by atoms with E-state index in [0.29, 0.717) is 23.3 Å². The van der Waals surface area contributed by atoms with Crippen LogP contribution in [0.2, 0.25) is 0 Å². The van der Waals surface area contributed by atoms with E-state index in [9.17, 15) is 9.59 Å². The third kappa shape index (κ3) is 2.20. The number of carbonyl (C=O) groups is 2. The normalized spacial score (nSPS) is 30.0. The molecule has 0 radical (unpaired) electrons. The third-order valence-corrected chi connectivity index (χ3v) is 6.00. The van der Waals surface area contributed by atoms with E-state index in [1.165, 1.54) is 4.90 Å². The molecule has 0 unspecified atom stereocenters. The van der Waals surface area contributed by atoms with E-state index in [2.05, 4.69) is 0 Å². The van der Waals surface area contributed by atoms with Crippen LogP contribution < -0.4 is 9.64 Å². The monoisotopic (exact) mass is 333 g/mol. The summed E-state index contributed by atoms with van der Waals surface area (Å²) in [5.74, 6) is 2.12. The fourth-order valence-corrected chi connectivity index (χ4v) is 4.95. The van der Waals surface area contributed by atoms with E-state index in [-0.39, 0.29) is 23.7 Å². The minimum Gasteiger partial charge on any atom is -0.457 e. The summed E-state index contributed by atoms with van der Waals surface area (Å²) in [6.45, 7) is 0. The zero-order valence-corrected chi connectivity index (χ0v) is 13.8. The van der Waals surface area contributed by atoms with Gasteiger partial charge in [0.25, 0.3) is 0 Å². The minimum atomic E-state index is -0.0773. The molecule has 25 heavy (non-hydrogen) atoms. The number of ether oxygens (including phenoxy) is 1. The van der Waals surface area contributed by atoms with Gasteiger partial charge in [0.15, 0.2) is 0 Å². The summed E-state index contributed by atoms with van der Waals surface area (Å²) in [6.07, 6.45) is 3.26. The number of hydrogen-bond acceptors (Lipinski definition) is 3. The molecule has 1 saturated heterocycles. The van der Waals surface area contributed by atoms with Crippen molar-refractivity contribution in [1.29, 1.82) is 0 Å². The lowest BCUT2D eigenvalue weighted by atomic mass is 9.81. The van der Waals surface area contributed by atoms with Gasteiger partial charge in [0, 0.05) is 0 Å². The number of para-hydroxylation sites is 1. The van der Waals surface area contributed by atoms with Crippen LogP contribution in [0.4, 0.5) is 5.69 Å². The SMILES string of the molecule is O=C1[C@H]2[C@@H]3CC[C@@H](C3)[C@@H]2C(=O)N1c1ccc(Oc2ccccc2)cc1. The average molecular weight is 333 g/mol. The van der Waals surface area contributed by atoms with Crippen LogP contribution in [0.3, 0.4) is 0 Å². The molecule has 1 aliphatic heterocycles. The molecule has 3 fully saturated rings. The van der Waals surface area contributed by atoms with E-state index >= 15 is 0 Å². The molecular formula is C21H19NO3. The van der Waals surface area contributed by atoms with Gasteiger partial charge in [0.1, 0.15) is 11.5 Å². The standard InChI is InChI=1S/C21H19NO3/c23-20-18-13-6-7-14(12-13)19(18)21(24)22(20)15-8-10-17(11-9-15)25-16-4-2-1-3-5-16/h1-5,8-11,13-14,18-19H,6-7,12H2/t13-,14+,18-,19-/m0/s1. The van der Waals surface area contributed by atoms with Crippen molar-refractivity contribution in [1.82, 2.24) is 0 Å². The van der Waals surface area contributed by atoms with Gasteiger partial charge in [-0.05, 0) is 67.5 Å². The molecule has 0 aromatic heterocycles. The van der Waals surface area contributed by atoms with Gasteiger partial charge >= 0.3 is 0 Å². The Hall–Kier alpha value is -2.62. The zero-order valence-electron chi connectivity index (χ0n) is 13.8. The van der Waals surface area contributed by atoms with Crippen LogP contribution in [0.15, 0.2) is 54.6 Å². The largest absolute Gasteiger partial charge is 0.457 e. The fraction of sp³-hybridized carbons (Fsp3) is 0.333. The maximum absolute atomic E-state index is 12.8. The highest BCUT2D eigenvalue weighted by Gasteiger charge is 2.61. The number of rotatable bonds is 3. The van der Waals surface area contributed by atoms with Gasteiger partial charge in [0.05, 0.1) is 17.5 Å².